The van der Waals surface area contributed by atoms with Crippen molar-refractivity contribution in [3.8, 4) is 0 Å². The van der Waals surface area contributed by atoms with Crippen molar-refractivity contribution >= 4 is 12.5 Å². The van der Waals surface area contributed by atoms with Crippen LogP contribution in [0.15, 0.2) is 35.4 Å². The minimum atomic E-state index is -0.352. The Morgan fingerprint density at radius 2 is 2.12 bits per heavy atom. The fraction of sp³-hybridized carbons (Fsp3) is 0.429. The summed E-state index contributed by atoms with van der Waals surface area (Å²) in [7, 11) is 0. The molecular formula is C14H18N2O. The molecular weight excluding hydrogens is 212 g/mol. The average molecular weight is 230 g/mol. The average Bonchev–Trinajstić information content (AvgIpc) is 2.77. The van der Waals surface area contributed by atoms with Crippen LogP contribution in [-0.2, 0) is 4.79 Å². The summed E-state index contributed by atoms with van der Waals surface area (Å²) in [5.74, 6) is 0. The van der Waals surface area contributed by atoms with E-state index in [9.17, 15) is 4.79 Å². The predicted molar refractivity (Wildman–Crippen MR) is 68.8 cm³/mol. The number of carbonyl (C=O) groups excluding carboxylic acids is 1. The van der Waals surface area contributed by atoms with Crippen molar-refractivity contribution in [2.75, 3.05) is 6.54 Å². The molecule has 3 heteroatoms. The molecule has 0 saturated heterocycles. The summed E-state index contributed by atoms with van der Waals surface area (Å²) < 4.78 is 0. The molecule has 0 saturated carbocycles. The lowest BCUT2D eigenvalue weighted by Gasteiger charge is -2.29. The van der Waals surface area contributed by atoms with Crippen LogP contribution in [0.3, 0.4) is 0 Å². The lowest BCUT2D eigenvalue weighted by molar-refractivity contribution is -0.115. The molecule has 1 aliphatic rings. The zero-order chi connectivity index (χ0) is 12.3. The number of carbonyl (C=O) groups is 1. The van der Waals surface area contributed by atoms with Crippen LogP contribution in [0.25, 0.3) is 0 Å². The molecule has 90 valence electrons. The predicted octanol–water partition coefficient (Wildman–Crippen LogP) is 2.64. The summed E-state index contributed by atoms with van der Waals surface area (Å²) in [6.07, 6.45) is 3.85. The first kappa shape index (κ1) is 11.8. The molecule has 0 N–H and O–H groups in total. The van der Waals surface area contributed by atoms with E-state index in [0.29, 0.717) is 6.54 Å². The summed E-state index contributed by atoms with van der Waals surface area (Å²) >= 11 is 0. The van der Waals surface area contributed by atoms with Crippen molar-refractivity contribution in [1.82, 2.24) is 5.01 Å². The summed E-state index contributed by atoms with van der Waals surface area (Å²) in [5, 5.41) is 6.39. The molecule has 1 heterocycles. The summed E-state index contributed by atoms with van der Waals surface area (Å²) in [6.45, 7) is 4.54. The Labute approximate surface area is 102 Å². The molecule has 1 aromatic rings. The van der Waals surface area contributed by atoms with E-state index in [-0.39, 0.29) is 11.5 Å². The molecule has 0 fully saturated rings. The SMILES string of the molecule is CC(C)(C=O)CN1N=CC[C@H]1c1ccccc1. The highest BCUT2D eigenvalue weighted by molar-refractivity contribution is 5.62. The second-order valence-corrected chi connectivity index (χ2v) is 5.16. The van der Waals surface area contributed by atoms with Crippen LogP contribution >= 0.6 is 0 Å². The maximum Gasteiger partial charge on any atom is 0.127 e. The first-order chi connectivity index (χ1) is 8.12. The molecule has 2 rings (SSSR count). The van der Waals surface area contributed by atoms with Crippen LogP contribution in [0.5, 0.6) is 0 Å². The van der Waals surface area contributed by atoms with Crippen LogP contribution in [0.2, 0.25) is 0 Å². The zero-order valence-electron chi connectivity index (χ0n) is 10.3. The van der Waals surface area contributed by atoms with Crippen molar-refractivity contribution in [3.63, 3.8) is 0 Å². The minimum Gasteiger partial charge on any atom is -0.303 e. The van der Waals surface area contributed by atoms with E-state index >= 15 is 0 Å². The molecule has 1 atom stereocenters. The van der Waals surface area contributed by atoms with E-state index in [0.717, 1.165) is 12.7 Å². The van der Waals surface area contributed by atoms with Crippen LogP contribution in [0.4, 0.5) is 0 Å². The molecule has 0 aliphatic carbocycles. The Morgan fingerprint density at radius 1 is 1.41 bits per heavy atom. The lowest BCUT2D eigenvalue weighted by atomic mass is 9.94. The van der Waals surface area contributed by atoms with E-state index in [4.69, 9.17) is 0 Å². The second-order valence-electron chi connectivity index (χ2n) is 5.16. The van der Waals surface area contributed by atoms with Crippen LogP contribution in [-0.4, -0.2) is 24.1 Å². The first-order valence-electron chi connectivity index (χ1n) is 5.93. The number of nitrogens with zero attached hydrogens (tertiary/aromatic N) is 2. The fourth-order valence-electron chi connectivity index (χ4n) is 2.04. The van der Waals surface area contributed by atoms with Gasteiger partial charge in [-0.3, -0.25) is 5.01 Å². The van der Waals surface area contributed by atoms with Gasteiger partial charge in [-0.1, -0.05) is 44.2 Å². The summed E-state index contributed by atoms with van der Waals surface area (Å²) in [4.78, 5) is 11.0. The number of hydrazone groups is 1. The van der Waals surface area contributed by atoms with Gasteiger partial charge in [-0.2, -0.15) is 5.10 Å². The third-order valence-corrected chi connectivity index (χ3v) is 2.99. The van der Waals surface area contributed by atoms with Crippen LogP contribution < -0.4 is 0 Å². The van der Waals surface area contributed by atoms with E-state index in [1.54, 1.807) is 0 Å². The highest BCUT2D eigenvalue weighted by atomic mass is 16.1. The number of hydrogen-bond acceptors (Lipinski definition) is 3. The van der Waals surface area contributed by atoms with E-state index in [1.165, 1.54) is 5.56 Å². The van der Waals surface area contributed by atoms with Gasteiger partial charge < -0.3 is 4.79 Å². The van der Waals surface area contributed by atoms with Gasteiger partial charge in [-0.25, -0.2) is 0 Å². The second kappa shape index (κ2) is 4.70. The quantitative estimate of drug-likeness (QED) is 0.745. The van der Waals surface area contributed by atoms with Crippen molar-refractivity contribution < 1.29 is 4.79 Å². The zero-order valence-corrected chi connectivity index (χ0v) is 10.3. The molecule has 17 heavy (non-hydrogen) atoms. The van der Waals surface area contributed by atoms with Gasteiger partial charge in [0.15, 0.2) is 0 Å². The molecule has 0 amide bonds. The number of aldehydes is 1. The van der Waals surface area contributed by atoms with Gasteiger partial charge in [-0.05, 0) is 5.56 Å². The molecule has 0 spiro atoms. The van der Waals surface area contributed by atoms with Gasteiger partial charge in [-0.15, -0.1) is 0 Å². The Balaban J connectivity index is 2.13. The largest absolute Gasteiger partial charge is 0.303 e. The van der Waals surface area contributed by atoms with Gasteiger partial charge in [0.2, 0.25) is 0 Å². The molecule has 1 aromatic carbocycles. The maximum absolute atomic E-state index is 11.0. The Morgan fingerprint density at radius 3 is 2.76 bits per heavy atom. The molecule has 0 bridgehead atoms. The summed E-state index contributed by atoms with van der Waals surface area (Å²) in [5.41, 5.74) is 0.904. The third kappa shape index (κ3) is 2.73. The van der Waals surface area contributed by atoms with Gasteiger partial charge in [0.1, 0.15) is 6.29 Å². The maximum atomic E-state index is 11.0. The van der Waals surface area contributed by atoms with E-state index < -0.39 is 0 Å². The Bertz CT molecular complexity index is 411. The number of benzene rings is 1. The fourth-order valence-corrected chi connectivity index (χ4v) is 2.04. The molecule has 3 nitrogen and oxygen atoms in total. The Hall–Kier alpha value is -1.64. The highest BCUT2D eigenvalue weighted by Gasteiger charge is 2.28. The molecule has 1 aliphatic heterocycles. The number of hydrogen-bond donors (Lipinski definition) is 0. The third-order valence-electron chi connectivity index (χ3n) is 2.99. The van der Waals surface area contributed by atoms with E-state index in [1.807, 2.05) is 43.3 Å². The topological polar surface area (TPSA) is 32.7 Å². The van der Waals surface area contributed by atoms with Crippen LogP contribution in [0, 0.1) is 5.41 Å². The van der Waals surface area contributed by atoms with Gasteiger partial charge in [0, 0.05) is 24.6 Å². The van der Waals surface area contributed by atoms with Crippen molar-refractivity contribution in [1.29, 1.82) is 0 Å². The van der Waals surface area contributed by atoms with Crippen molar-refractivity contribution in [2.24, 2.45) is 10.5 Å². The van der Waals surface area contributed by atoms with Crippen molar-refractivity contribution in [2.45, 2.75) is 26.3 Å². The highest BCUT2D eigenvalue weighted by Crippen LogP contribution is 2.30. The van der Waals surface area contributed by atoms with Crippen molar-refractivity contribution in [3.05, 3.63) is 35.9 Å². The molecule has 0 aromatic heterocycles. The van der Waals surface area contributed by atoms with Gasteiger partial charge in [0.05, 0.1) is 6.04 Å². The first-order valence-corrected chi connectivity index (χ1v) is 5.93. The smallest absolute Gasteiger partial charge is 0.127 e. The number of rotatable bonds is 4. The molecule has 0 radical (unpaired) electrons. The van der Waals surface area contributed by atoms with Gasteiger partial charge >= 0.3 is 0 Å². The monoisotopic (exact) mass is 230 g/mol. The standard InChI is InChI=1S/C14H18N2O/c1-14(2,11-17)10-16-13(8-9-15-16)12-6-4-3-5-7-12/h3-7,9,11,13H,8,10H2,1-2H3/t13-/m0/s1. The normalized spacial score (nSPS) is 19.6. The lowest BCUT2D eigenvalue weighted by Crippen LogP contribution is -2.32. The summed E-state index contributed by atoms with van der Waals surface area (Å²) in [6, 6.07) is 10.6. The molecule has 0 unspecified atom stereocenters. The Kier molecular flexibility index (Phi) is 3.27. The van der Waals surface area contributed by atoms with Gasteiger partial charge in [0.25, 0.3) is 0 Å². The van der Waals surface area contributed by atoms with E-state index in [2.05, 4.69) is 17.2 Å². The minimum absolute atomic E-state index is 0.274. The van der Waals surface area contributed by atoms with Crippen LogP contribution in [0.1, 0.15) is 31.9 Å².